The molecule has 4 fully saturated rings. The zero-order valence-corrected chi connectivity index (χ0v) is 20.3. The van der Waals surface area contributed by atoms with Crippen molar-refractivity contribution >= 4 is 11.8 Å². The Morgan fingerprint density at radius 3 is 2.44 bits per heavy atom. The van der Waals surface area contributed by atoms with Gasteiger partial charge in [0.25, 0.3) is 0 Å². The molecular formula is C22H40F2N8O2. The number of carbonyl (C=O) groups is 2. The van der Waals surface area contributed by atoms with Crippen molar-refractivity contribution in [2.45, 2.75) is 75.9 Å². The number of fused-ring (bicyclic) bond motifs is 1. The van der Waals surface area contributed by atoms with Gasteiger partial charge in [-0.2, -0.15) is 0 Å². The number of alkyl halides is 2. The summed E-state index contributed by atoms with van der Waals surface area (Å²) in [6, 6.07) is -0.914. The first-order valence-electron chi connectivity index (χ1n) is 12.4. The Kier molecular flexibility index (Phi) is 7.75. The molecule has 34 heavy (non-hydrogen) atoms. The van der Waals surface area contributed by atoms with Crippen molar-refractivity contribution < 1.29 is 18.4 Å². The normalized spacial score (nSPS) is 38.4. The summed E-state index contributed by atoms with van der Waals surface area (Å²) in [6.45, 7) is 8.07. The van der Waals surface area contributed by atoms with E-state index in [0.717, 1.165) is 0 Å². The molecule has 4 rings (SSSR count). The topological polar surface area (TPSA) is 127 Å². The summed E-state index contributed by atoms with van der Waals surface area (Å²) in [5.41, 5.74) is 8.86. The molecule has 7 atom stereocenters. The van der Waals surface area contributed by atoms with Gasteiger partial charge in [-0.3, -0.25) is 19.8 Å². The summed E-state index contributed by atoms with van der Waals surface area (Å²) in [6.07, 6.45) is -1.94. The molecule has 12 heteroatoms. The van der Waals surface area contributed by atoms with Crippen molar-refractivity contribution in [3.63, 3.8) is 0 Å². The van der Waals surface area contributed by atoms with Gasteiger partial charge in [0.1, 0.15) is 12.3 Å². The van der Waals surface area contributed by atoms with Crippen molar-refractivity contribution in [2.24, 2.45) is 17.6 Å². The van der Waals surface area contributed by atoms with Gasteiger partial charge in [0.15, 0.2) is 0 Å². The minimum absolute atomic E-state index is 0.0434. The number of nitrogens with one attached hydrogen (secondary N) is 5. The van der Waals surface area contributed by atoms with Gasteiger partial charge in [-0.15, -0.1) is 0 Å². The summed E-state index contributed by atoms with van der Waals surface area (Å²) in [4.78, 5) is 27.9. The number of piperidine rings is 2. The van der Waals surface area contributed by atoms with Crippen LogP contribution in [0, 0.1) is 11.8 Å². The Balaban J connectivity index is 1.37. The fraction of sp³-hybridized carbons (Fsp3) is 0.909. The average Bonchev–Trinajstić information content (AvgIpc) is 3.07. The minimum Gasteiger partial charge on any atom is -0.351 e. The van der Waals surface area contributed by atoms with Crippen LogP contribution in [0.25, 0.3) is 0 Å². The Morgan fingerprint density at radius 1 is 1.06 bits per heavy atom. The first kappa shape index (κ1) is 25.6. The molecule has 0 aromatic carbocycles. The van der Waals surface area contributed by atoms with Crippen LogP contribution in [-0.4, -0.2) is 103 Å². The predicted octanol–water partition coefficient (Wildman–Crippen LogP) is -1.60. The van der Waals surface area contributed by atoms with E-state index in [9.17, 15) is 14.0 Å². The molecule has 4 aliphatic rings. The first-order valence-corrected chi connectivity index (χ1v) is 12.4. The van der Waals surface area contributed by atoms with Crippen LogP contribution in [0.3, 0.4) is 0 Å². The van der Waals surface area contributed by atoms with E-state index in [4.69, 9.17) is 5.73 Å². The van der Waals surface area contributed by atoms with E-state index >= 15 is 4.39 Å². The number of amides is 2. The second-order valence-corrected chi connectivity index (χ2v) is 11.1. The Bertz CT molecular complexity index is 745. The second kappa shape index (κ2) is 10.3. The van der Waals surface area contributed by atoms with Crippen molar-refractivity contribution in [2.75, 3.05) is 39.3 Å². The lowest BCUT2D eigenvalue weighted by Crippen LogP contribution is -2.67. The number of carbonyl (C=O) groups excluding carboxylic acids is 2. The van der Waals surface area contributed by atoms with E-state index in [1.54, 1.807) is 5.01 Å². The largest absolute Gasteiger partial charge is 0.351 e. The average molecular weight is 487 g/mol. The van der Waals surface area contributed by atoms with Crippen LogP contribution in [-0.2, 0) is 9.59 Å². The maximum Gasteiger partial charge on any atom is 0.229 e. The number of halogens is 2. The van der Waals surface area contributed by atoms with Gasteiger partial charge in [0.2, 0.25) is 11.8 Å². The van der Waals surface area contributed by atoms with Crippen LogP contribution >= 0.6 is 0 Å². The van der Waals surface area contributed by atoms with Crippen molar-refractivity contribution in [1.82, 2.24) is 36.6 Å². The number of rotatable bonds is 4. The van der Waals surface area contributed by atoms with Gasteiger partial charge in [-0.25, -0.2) is 19.2 Å². The molecular weight excluding hydrogens is 446 g/mol. The summed E-state index contributed by atoms with van der Waals surface area (Å²) >= 11 is 0. The maximum atomic E-state index is 15.1. The molecule has 4 aliphatic heterocycles. The van der Waals surface area contributed by atoms with Crippen LogP contribution in [0.4, 0.5) is 8.78 Å². The number of nitrogens with two attached hydrogens (primary N) is 1. The lowest BCUT2D eigenvalue weighted by atomic mass is 9.89. The third-order valence-corrected chi connectivity index (χ3v) is 7.26. The van der Waals surface area contributed by atoms with Crippen LogP contribution < -0.4 is 32.4 Å². The molecule has 4 saturated heterocycles. The maximum absolute atomic E-state index is 15.1. The number of nitrogens with zero attached hydrogens (tertiary/aromatic N) is 2. The minimum atomic E-state index is -1.15. The molecule has 2 amide bonds. The molecule has 4 heterocycles. The standard InChI is InChI=1S/C22H40F2N8O2/c1-22(2,3)29-20(33)12-4-6-31(7-5-12)17-14(24)9-26-10-15(17)28-21(34)16-18(25)30-32-11-13(23)8-27-19(16)32/h12-19,26-27,30H,4-11,25H2,1-3H3,(H,28,34)(H,29,33). The van der Waals surface area contributed by atoms with Gasteiger partial charge in [0.05, 0.1) is 30.3 Å². The highest BCUT2D eigenvalue weighted by atomic mass is 19.1. The quantitative estimate of drug-likeness (QED) is 0.281. The predicted molar refractivity (Wildman–Crippen MR) is 124 cm³/mol. The van der Waals surface area contributed by atoms with Crippen LogP contribution in [0.15, 0.2) is 0 Å². The number of hydrazine groups is 1. The SMILES string of the molecule is CC(C)(C)NC(=O)C1CCN(C2C(F)CNCC2NC(=O)C2C(N)NN3CC(F)CNC23)CC1. The molecule has 0 bridgehead atoms. The van der Waals surface area contributed by atoms with E-state index < -0.39 is 42.7 Å². The van der Waals surface area contributed by atoms with Gasteiger partial charge in [0, 0.05) is 37.6 Å². The molecule has 10 nitrogen and oxygen atoms in total. The van der Waals surface area contributed by atoms with Crippen molar-refractivity contribution in [3.8, 4) is 0 Å². The zero-order valence-electron chi connectivity index (χ0n) is 20.3. The van der Waals surface area contributed by atoms with Crippen molar-refractivity contribution in [3.05, 3.63) is 0 Å². The van der Waals surface area contributed by atoms with E-state index in [1.165, 1.54) is 0 Å². The van der Waals surface area contributed by atoms with Gasteiger partial charge >= 0.3 is 0 Å². The Morgan fingerprint density at radius 2 is 1.76 bits per heavy atom. The first-order chi connectivity index (χ1) is 16.0. The van der Waals surface area contributed by atoms with E-state index in [0.29, 0.717) is 32.5 Å². The highest BCUT2D eigenvalue weighted by Gasteiger charge is 2.48. The molecule has 0 saturated carbocycles. The molecule has 0 radical (unpaired) electrons. The monoisotopic (exact) mass is 486 g/mol. The number of hydrogen-bond donors (Lipinski definition) is 6. The second-order valence-electron chi connectivity index (χ2n) is 11.1. The summed E-state index contributed by atoms with van der Waals surface area (Å²) in [5.74, 6) is -0.946. The molecule has 194 valence electrons. The zero-order chi connectivity index (χ0) is 24.6. The highest BCUT2D eigenvalue weighted by molar-refractivity contribution is 5.81. The summed E-state index contributed by atoms with van der Waals surface area (Å²) < 4.78 is 28.9. The Labute approximate surface area is 200 Å². The van der Waals surface area contributed by atoms with E-state index in [1.807, 2.05) is 20.8 Å². The van der Waals surface area contributed by atoms with Gasteiger partial charge in [-0.1, -0.05) is 0 Å². The summed E-state index contributed by atoms with van der Waals surface area (Å²) in [5, 5.41) is 13.8. The number of likely N-dealkylation sites (tertiary alicyclic amines) is 1. The lowest BCUT2D eigenvalue weighted by Gasteiger charge is -2.45. The molecule has 0 spiro atoms. The van der Waals surface area contributed by atoms with Crippen LogP contribution in [0.1, 0.15) is 33.6 Å². The third kappa shape index (κ3) is 5.68. The van der Waals surface area contributed by atoms with E-state index in [-0.39, 0.29) is 42.9 Å². The van der Waals surface area contributed by atoms with Crippen LogP contribution in [0.2, 0.25) is 0 Å². The lowest BCUT2D eigenvalue weighted by molar-refractivity contribution is -0.129. The highest BCUT2D eigenvalue weighted by Crippen LogP contribution is 2.26. The third-order valence-electron chi connectivity index (χ3n) is 7.26. The van der Waals surface area contributed by atoms with Gasteiger partial charge < -0.3 is 21.7 Å². The molecule has 7 unspecified atom stereocenters. The number of hydrogen-bond acceptors (Lipinski definition) is 8. The molecule has 7 N–H and O–H groups in total. The molecule has 0 aliphatic carbocycles. The molecule has 0 aromatic rings. The smallest absolute Gasteiger partial charge is 0.229 e. The fourth-order valence-electron chi connectivity index (χ4n) is 5.68. The molecule has 0 aromatic heterocycles. The van der Waals surface area contributed by atoms with Crippen LogP contribution in [0.5, 0.6) is 0 Å². The van der Waals surface area contributed by atoms with Gasteiger partial charge in [-0.05, 0) is 46.7 Å². The fourth-order valence-corrected chi connectivity index (χ4v) is 5.68. The summed E-state index contributed by atoms with van der Waals surface area (Å²) in [7, 11) is 0. The van der Waals surface area contributed by atoms with Crippen molar-refractivity contribution in [1.29, 1.82) is 0 Å². The van der Waals surface area contributed by atoms with E-state index in [2.05, 4.69) is 31.6 Å². The Hall–Kier alpha value is -1.44.